The van der Waals surface area contributed by atoms with E-state index in [1.165, 1.54) is 4.31 Å². The van der Waals surface area contributed by atoms with Gasteiger partial charge in [-0.2, -0.15) is 4.31 Å². The normalized spacial score (nSPS) is 17.0. The highest BCUT2D eigenvalue weighted by molar-refractivity contribution is 7.89. The average Bonchev–Trinajstić information content (AvgIpc) is 3.38. The van der Waals surface area contributed by atoms with Crippen LogP contribution in [0.5, 0.6) is 0 Å². The van der Waals surface area contributed by atoms with Crippen LogP contribution in [0.3, 0.4) is 0 Å². The minimum Gasteiger partial charge on any atom is -0.360 e. The number of aryl methyl sites for hydroxylation is 2. The van der Waals surface area contributed by atoms with Gasteiger partial charge in [-0.3, -0.25) is 4.79 Å². The SMILES string of the molecule is Cc1noc(C)c1S(=O)(=O)N1CCC[C@H]1C(=O)Nc1ccccc1Cc1ccccc1. The van der Waals surface area contributed by atoms with Crippen LogP contribution in [0.2, 0.25) is 0 Å². The molecule has 1 aliphatic rings. The van der Waals surface area contributed by atoms with Gasteiger partial charge in [-0.25, -0.2) is 8.42 Å². The van der Waals surface area contributed by atoms with E-state index in [-0.39, 0.29) is 23.1 Å². The van der Waals surface area contributed by atoms with E-state index >= 15 is 0 Å². The Morgan fingerprint density at radius 3 is 2.55 bits per heavy atom. The van der Waals surface area contributed by atoms with Gasteiger partial charge in [0.2, 0.25) is 15.9 Å². The molecule has 1 fully saturated rings. The lowest BCUT2D eigenvalue weighted by Gasteiger charge is -2.23. The van der Waals surface area contributed by atoms with Crippen LogP contribution in [0.4, 0.5) is 5.69 Å². The fraction of sp³-hybridized carbons (Fsp3) is 0.304. The van der Waals surface area contributed by atoms with E-state index in [1.54, 1.807) is 13.8 Å². The Labute approximate surface area is 182 Å². The number of sulfonamides is 1. The van der Waals surface area contributed by atoms with Crippen LogP contribution >= 0.6 is 0 Å². The van der Waals surface area contributed by atoms with E-state index in [2.05, 4.69) is 10.5 Å². The second-order valence-corrected chi connectivity index (χ2v) is 9.56. The maximum absolute atomic E-state index is 13.3. The van der Waals surface area contributed by atoms with Crippen molar-refractivity contribution in [2.24, 2.45) is 0 Å². The smallest absolute Gasteiger partial charge is 0.249 e. The summed E-state index contributed by atoms with van der Waals surface area (Å²) in [4.78, 5) is 13.2. The van der Waals surface area contributed by atoms with E-state index in [0.29, 0.717) is 30.6 Å². The molecule has 3 aromatic rings. The highest BCUT2D eigenvalue weighted by Crippen LogP contribution is 2.30. The minimum atomic E-state index is -3.89. The summed E-state index contributed by atoms with van der Waals surface area (Å²) < 4.78 is 32.8. The second-order valence-electron chi connectivity index (χ2n) is 7.74. The van der Waals surface area contributed by atoms with Gasteiger partial charge in [-0.15, -0.1) is 0 Å². The minimum absolute atomic E-state index is 0.0525. The number of nitrogens with zero attached hydrogens (tertiary/aromatic N) is 2. The number of benzene rings is 2. The zero-order chi connectivity index (χ0) is 22.0. The average molecular weight is 440 g/mol. The van der Waals surface area contributed by atoms with Crippen molar-refractivity contribution in [3.05, 3.63) is 77.2 Å². The maximum Gasteiger partial charge on any atom is 0.249 e. The molecule has 31 heavy (non-hydrogen) atoms. The van der Waals surface area contributed by atoms with Gasteiger partial charge in [0.25, 0.3) is 0 Å². The van der Waals surface area contributed by atoms with Crippen molar-refractivity contribution in [3.8, 4) is 0 Å². The zero-order valence-corrected chi connectivity index (χ0v) is 18.4. The molecule has 8 heteroatoms. The molecule has 0 aliphatic carbocycles. The lowest BCUT2D eigenvalue weighted by Crippen LogP contribution is -2.43. The third kappa shape index (κ3) is 4.26. The van der Waals surface area contributed by atoms with E-state index in [9.17, 15) is 13.2 Å². The van der Waals surface area contributed by atoms with Crippen LogP contribution < -0.4 is 5.32 Å². The molecule has 1 saturated heterocycles. The summed E-state index contributed by atoms with van der Waals surface area (Å²) in [6.07, 6.45) is 1.75. The van der Waals surface area contributed by atoms with Crippen LogP contribution in [-0.2, 0) is 21.2 Å². The van der Waals surface area contributed by atoms with Gasteiger partial charge in [0, 0.05) is 12.2 Å². The molecule has 2 heterocycles. The van der Waals surface area contributed by atoms with Gasteiger partial charge in [-0.05, 0) is 50.3 Å². The molecule has 2 aromatic carbocycles. The number of rotatable bonds is 6. The lowest BCUT2D eigenvalue weighted by atomic mass is 10.0. The van der Waals surface area contributed by atoms with Gasteiger partial charge in [-0.1, -0.05) is 53.7 Å². The molecule has 1 amide bonds. The Kier molecular flexibility index (Phi) is 5.93. The molecule has 162 valence electrons. The number of hydrogen-bond donors (Lipinski definition) is 1. The lowest BCUT2D eigenvalue weighted by molar-refractivity contribution is -0.119. The van der Waals surface area contributed by atoms with Gasteiger partial charge >= 0.3 is 0 Å². The third-order valence-corrected chi connectivity index (χ3v) is 7.71. The molecule has 0 spiro atoms. The van der Waals surface area contributed by atoms with Crippen molar-refractivity contribution in [2.75, 3.05) is 11.9 Å². The number of nitrogens with one attached hydrogen (secondary N) is 1. The predicted molar refractivity (Wildman–Crippen MR) is 117 cm³/mol. The standard InChI is InChI=1S/C23H25N3O4S/c1-16-22(17(2)30-25-16)31(28,29)26-14-8-13-21(26)23(27)24-20-12-7-6-11-19(20)15-18-9-4-3-5-10-18/h3-7,9-12,21H,8,13-15H2,1-2H3,(H,24,27)/t21-/m0/s1. The first kappa shape index (κ1) is 21.3. The van der Waals surface area contributed by atoms with Crippen molar-refractivity contribution in [2.45, 2.75) is 44.0 Å². The van der Waals surface area contributed by atoms with Crippen LogP contribution in [-0.4, -0.2) is 36.4 Å². The van der Waals surface area contributed by atoms with E-state index in [0.717, 1.165) is 11.1 Å². The topological polar surface area (TPSA) is 92.5 Å². The van der Waals surface area contributed by atoms with Crippen LogP contribution in [0.1, 0.15) is 35.4 Å². The van der Waals surface area contributed by atoms with Gasteiger partial charge in [0.05, 0.1) is 0 Å². The fourth-order valence-corrected chi connectivity index (χ4v) is 6.03. The predicted octanol–water partition coefficient (Wildman–Crippen LogP) is 3.67. The van der Waals surface area contributed by atoms with Gasteiger partial charge < -0.3 is 9.84 Å². The van der Waals surface area contributed by atoms with Gasteiger partial charge in [0.15, 0.2) is 5.76 Å². The fourth-order valence-electron chi connectivity index (χ4n) is 4.08. The molecule has 0 saturated carbocycles. The van der Waals surface area contributed by atoms with Gasteiger partial charge in [0.1, 0.15) is 16.6 Å². The Bertz CT molecular complexity index is 1170. The molecular weight excluding hydrogens is 414 g/mol. The largest absolute Gasteiger partial charge is 0.360 e. The summed E-state index contributed by atoms with van der Waals surface area (Å²) in [7, 11) is -3.89. The summed E-state index contributed by atoms with van der Waals surface area (Å²) in [5, 5.41) is 6.73. The summed E-state index contributed by atoms with van der Waals surface area (Å²) in [5.41, 5.74) is 3.10. The first-order chi connectivity index (χ1) is 14.9. The first-order valence-corrected chi connectivity index (χ1v) is 11.7. The molecule has 1 aliphatic heterocycles. The third-order valence-electron chi connectivity index (χ3n) is 5.55. The number of anilines is 1. The van der Waals surface area contributed by atoms with Crippen molar-refractivity contribution in [1.82, 2.24) is 9.46 Å². The monoisotopic (exact) mass is 439 g/mol. The molecule has 1 atom stereocenters. The molecule has 1 N–H and O–H groups in total. The van der Waals surface area contributed by atoms with Crippen LogP contribution in [0.25, 0.3) is 0 Å². The summed E-state index contributed by atoms with van der Waals surface area (Å²) in [5.74, 6) is -0.0925. The second kappa shape index (κ2) is 8.64. The number of amides is 1. The zero-order valence-electron chi connectivity index (χ0n) is 17.5. The molecule has 1 aromatic heterocycles. The van der Waals surface area contributed by atoms with E-state index in [1.807, 2.05) is 54.6 Å². The maximum atomic E-state index is 13.3. The molecule has 0 unspecified atom stereocenters. The number of aromatic nitrogens is 1. The summed E-state index contributed by atoms with van der Waals surface area (Å²) in [6, 6.07) is 16.8. The molecule has 7 nitrogen and oxygen atoms in total. The highest BCUT2D eigenvalue weighted by Gasteiger charge is 2.42. The number of hydrogen-bond acceptors (Lipinski definition) is 5. The summed E-state index contributed by atoms with van der Waals surface area (Å²) >= 11 is 0. The number of carbonyl (C=O) groups is 1. The Hall–Kier alpha value is -2.97. The Balaban J connectivity index is 1.57. The molecule has 0 radical (unpaired) electrons. The van der Waals surface area contributed by atoms with Crippen molar-refractivity contribution >= 4 is 21.6 Å². The Morgan fingerprint density at radius 2 is 1.84 bits per heavy atom. The Morgan fingerprint density at radius 1 is 1.13 bits per heavy atom. The van der Waals surface area contributed by atoms with Crippen molar-refractivity contribution < 1.29 is 17.7 Å². The number of para-hydroxylation sites is 1. The quantitative estimate of drug-likeness (QED) is 0.633. The van der Waals surface area contributed by atoms with Crippen molar-refractivity contribution in [1.29, 1.82) is 0 Å². The van der Waals surface area contributed by atoms with E-state index in [4.69, 9.17) is 4.52 Å². The van der Waals surface area contributed by atoms with Crippen LogP contribution in [0, 0.1) is 13.8 Å². The highest BCUT2D eigenvalue weighted by atomic mass is 32.2. The first-order valence-electron chi connectivity index (χ1n) is 10.3. The van der Waals surface area contributed by atoms with E-state index < -0.39 is 16.1 Å². The molecular formula is C23H25N3O4S. The summed E-state index contributed by atoms with van der Waals surface area (Å²) in [6.45, 7) is 3.45. The van der Waals surface area contributed by atoms with Crippen molar-refractivity contribution in [3.63, 3.8) is 0 Å². The molecule has 0 bridgehead atoms. The number of carbonyl (C=O) groups excluding carboxylic acids is 1. The molecule has 4 rings (SSSR count). The van der Waals surface area contributed by atoms with Crippen LogP contribution in [0.15, 0.2) is 64.0 Å².